The fraction of sp³-hybridized carbons (Fsp3) is 0.320. The first-order valence-corrected chi connectivity index (χ1v) is 11.3. The molecule has 0 saturated carbocycles. The second kappa shape index (κ2) is 8.97. The number of rotatable bonds is 2. The van der Waals surface area contributed by atoms with E-state index < -0.39 is 11.8 Å². The van der Waals surface area contributed by atoms with Crippen molar-refractivity contribution in [1.82, 2.24) is 24.7 Å². The van der Waals surface area contributed by atoms with E-state index in [1.165, 1.54) is 0 Å². The van der Waals surface area contributed by atoms with Gasteiger partial charge in [0, 0.05) is 62.6 Å². The molecule has 2 aromatic heterocycles. The van der Waals surface area contributed by atoms with Crippen molar-refractivity contribution in [2.75, 3.05) is 39.3 Å². The zero-order chi connectivity index (χ0) is 22.8. The molecule has 168 valence electrons. The van der Waals surface area contributed by atoms with E-state index in [4.69, 9.17) is 4.98 Å². The summed E-state index contributed by atoms with van der Waals surface area (Å²) in [6, 6.07) is 13.2. The predicted molar refractivity (Wildman–Crippen MR) is 123 cm³/mol. The summed E-state index contributed by atoms with van der Waals surface area (Å²) in [6.07, 6.45) is 5.32. The Balaban J connectivity index is 1.35. The molecular weight excluding hydrogens is 418 g/mol. The Bertz CT molecular complexity index is 1200. The Morgan fingerprint density at radius 1 is 0.758 bits per heavy atom. The van der Waals surface area contributed by atoms with Crippen LogP contribution < -0.4 is 0 Å². The lowest BCUT2D eigenvalue weighted by atomic mass is 10.0. The van der Waals surface area contributed by atoms with Crippen LogP contribution in [0.5, 0.6) is 0 Å². The van der Waals surface area contributed by atoms with E-state index in [9.17, 15) is 14.4 Å². The fourth-order valence-electron chi connectivity index (χ4n) is 4.49. The smallest absolute Gasteiger partial charge is 0.312 e. The van der Waals surface area contributed by atoms with Crippen molar-refractivity contribution < 1.29 is 14.4 Å². The summed E-state index contributed by atoms with van der Waals surface area (Å²) in [6.45, 7) is 2.77. The van der Waals surface area contributed by atoms with Crippen molar-refractivity contribution in [1.29, 1.82) is 0 Å². The normalized spacial score (nSPS) is 16.3. The Morgan fingerprint density at radius 3 is 2.12 bits per heavy atom. The monoisotopic (exact) mass is 443 g/mol. The predicted octanol–water partition coefficient (Wildman–Crippen LogP) is 2.20. The van der Waals surface area contributed by atoms with Gasteiger partial charge in [0.15, 0.2) is 0 Å². The van der Waals surface area contributed by atoms with Gasteiger partial charge < -0.3 is 14.7 Å². The molecule has 8 nitrogen and oxygen atoms in total. The van der Waals surface area contributed by atoms with E-state index in [-0.39, 0.29) is 5.91 Å². The first-order chi connectivity index (χ1) is 16.1. The van der Waals surface area contributed by atoms with E-state index in [2.05, 4.69) is 4.98 Å². The number of nitrogens with zero attached hydrogens (tertiary/aromatic N) is 5. The molecule has 1 aromatic carbocycles. The standard InChI is InChI=1S/C25H25N5O3/c31-23(29-12-14-30(15-13-29)25(33)24(32)28-10-3-4-11-28)20-16-22(18-6-5-9-26-17-18)27-21-8-2-1-7-19(20)21/h1-2,5-9,16-17H,3-4,10-15H2. The van der Waals surface area contributed by atoms with Gasteiger partial charge in [-0.3, -0.25) is 19.4 Å². The third kappa shape index (κ3) is 4.16. The van der Waals surface area contributed by atoms with Crippen molar-refractivity contribution >= 4 is 28.6 Å². The van der Waals surface area contributed by atoms with Gasteiger partial charge in [-0.05, 0) is 37.1 Å². The minimum atomic E-state index is -0.461. The summed E-state index contributed by atoms with van der Waals surface area (Å²) >= 11 is 0. The third-order valence-corrected chi connectivity index (χ3v) is 6.33. The van der Waals surface area contributed by atoms with E-state index in [1.54, 1.807) is 27.1 Å². The lowest BCUT2D eigenvalue weighted by Crippen LogP contribution is -2.54. The Morgan fingerprint density at radius 2 is 1.42 bits per heavy atom. The number of fused-ring (bicyclic) bond motifs is 1. The molecular formula is C25H25N5O3. The van der Waals surface area contributed by atoms with Gasteiger partial charge in [-0.25, -0.2) is 4.98 Å². The molecule has 2 saturated heterocycles. The lowest BCUT2D eigenvalue weighted by Gasteiger charge is -2.35. The number of benzene rings is 1. The summed E-state index contributed by atoms with van der Waals surface area (Å²) in [5, 5.41) is 0.790. The highest BCUT2D eigenvalue weighted by molar-refractivity contribution is 6.35. The van der Waals surface area contributed by atoms with Crippen LogP contribution in [-0.2, 0) is 9.59 Å². The van der Waals surface area contributed by atoms with Crippen LogP contribution in [-0.4, -0.2) is 81.7 Å². The molecule has 2 aliphatic rings. The molecule has 0 aliphatic carbocycles. The van der Waals surface area contributed by atoms with Crippen LogP contribution in [0.15, 0.2) is 54.9 Å². The van der Waals surface area contributed by atoms with Crippen LogP contribution in [0.2, 0.25) is 0 Å². The van der Waals surface area contributed by atoms with Crippen molar-refractivity contribution in [2.24, 2.45) is 0 Å². The minimum Gasteiger partial charge on any atom is -0.335 e. The summed E-state index contributed by atoms with van der Waals surface area (Å²) in [5.74, 6) is -0.984. The largest absolute Gasteiger partial charge is 0.335 e. The Hall–Kier alpha value is -3.81. The number of likely N-dealkylation sites (tertiary alicyclic amines) is 1. The molecule has 0 atom stereocenters. The fourth-order valence-corrected chi connectivity index (χ4v) is 4.49. The maximum Gasteiger partial charge on any atom is 0.312 e. The highest BCUT2D eigenvalue weighted by Gasteiger charge is 2.32. The van der Waals surface area contributed by atoms with Gasteiger partial charge in [0.05, 0.1) is 16.8 Å². The molecule has 0 spiro atoms. The van der Waals surface area contributed by atoms with Gasteiger partial charge in [0.2, 0.25) is 0 Å². The van der Waals surface area contributed by atoms with Crippen LogP contribution in [0, 0.1) is 0 Å². The molecule has 3 aromatic rings. The number of hydrogen-bond donors (Lipinski definition) is 0. The number of amides is 3. The van der Waals surface area contributed by atoms with Gasteiger partial charge >= 0.3 is 11.8 Å². The van der Waals surface area contributed by atoms with Gasteiger partial charge in [-0.1, -0.05) is 18.2 Å². The first-order valence-electron chi connectivity index (χ1n) is 11.3. The first kappa shape index (κ1) is 21.1. The van der Waals surface area contributed by atoms with Gasteiger partial charge in [0.25, 0.3) is 5.91 Å². The topological polar surface area (TPSA) is 86.7 Å². The van der Waals surface area contributed by atoms with Crippen molar-refractivity contribution in [3.8, 4) is 11.3 Å². The van der Waals surface area contributed by atoms with E-state index in [0.717, 1.165) is 29.3 Å². The van der Waals surface area contributed by atoms with Gasteiger partial charge in [-0.2, -0.15) is 0 Å². The van der Waals surface area contributed by atoms with Crippen LogP contribution in [0.3, 0.4) is 0 Å². The summed E-state index contributed by atoms with van der Waals surface area (Å²) in [7, 11) is 0. The molecule has 0 radical (unpaired) electrons. The molecule has 2 fully saturated rings. The summed E-state index contributed by atoms with van der Waals surface area (Å²) in [5.41, 5.74) is 2.85. The zero-order valence-corrected chi connectivity index (χ0v) is 18.3. The number of hydrogen-bond acceptors (Lipinski definition) is 5. The number of aromatic nitrogens is 2. The molecule has 0 N–H and O–H groups in total. The average molecular weight is 444 g/mol. The number of piperazine rings is 1. The Labute approximate surface area is 191 Å². The van der Waals surface area contributed by atoms with E-state index in [0.29, 0.717) is 50.5 Å². The zero-order valence-electron chi connectivity index (χ0n) is 18.3. The molecule has 33 heavy (non-hydrogen) atoms. The SMILES string of the molecule is O=C(C(=O)N1CCN(C(=O)c2cc(-c3cccnc3)nc3ccccc23)CC1)N1CCCC1. The molecule has 0 unspecified atom stereocenters. The van der Waals surface area contributed by atoms with Crippen LogP contribution >= 0.6 is 0 Å². The highest BCUT2D eigenvalue weighted by Crippen LogP contribution is 2.26. The quantitative estimate of drug-likeness (QED) is 0.567. The maximum absolute atomic E-state index is 13.5. The summed E-state index contributed by atoms with van der Waals surface area (Å²) < 4.78 is 0. The highest BCUT2D eigenvalue weighted by atomic mass is 16.2. The van der Waals surface area contributed by atoms with Crippen molar-refractivity contribution in [3.05, 3.63) is 60.4 Å². The Kier molecular flexibility index (Phi) is 5.73. The number of para-hydroxylation sites is 1. The minimum absolute atomic E-state index is 0.100. The maximum atomic E-state index is 13.5. The third-order valence-electron chi connectivity index (χ3n) is 6.33. The molecule has 4 heterocycles. The second-order valence-electron chi connectivity index (χ2n) is 8.40. The van der Waals surface area contributed by atoms with Crippen molar-refractivity contribution in [3.63, 3.8) is 0 Å². The van der Waals surface area contributed by atoms with Crippen molar-refractivity contribution in [2.45, 2.75) is 12.8 Å². The van der Waals surface area contributed by atoms with Gasteiger partial charge in [-0.15, -0.1) is 0 Å². The summed E-state index contributed by atoms with van der Waals surface area (Å²) in [4.78, 5) is 52.4. The number of carbonyl (C=O) groups is 3. The van der Waals surface area contributed by atoms with Crippen LogP contribution in [0.1, 0.15) is 23.2 Å². The number of carbonyl (C=O) groups excluding carboxylic acids is 3. The average Bonchev–Trinajstić information content (AvgIpc) is 3.42. The molecule has 3 amide bonds. The molecule has 8 heteroatoms. The molecule has 0 bridgehead atoms. The molecule has 2 aliphatic heterocycles. The van der Waals surface area contributed by atoms with Gasteiger partial charge in [0.1, 0.15) is 0 Å². The van der Waals surface area contributed by atoms with E-state index in [1.807, 2.05) is 42.5 Å². The lowest BCUT2D eigenvalue weighted by molar-refractivity contribution is -0.152. The second-order valence-corrected chi connectivity index (χ2v) is 8.40. The van der Waals surface area contributed by atoms with Crippen LogP contribution in [0.4, 0.5) is 0 Å². The van der Waals surface area contributed by atoms with E-state index >= 15 is 0 Å². The molecule has 5 rings (SSSR count). The number of pyridine rings is 2. The van der Waals surface area contributed by atoms with Crippen LogP contribution in [0.25, 0.3) is 22.2 Å².